The Hall–Kier alpha value is -0.710. The number of benzene rings is 1. The Morgan fingerprint density at radius 3 is 2.60 bits per heavy atom. The van der Waals surface area contributed by atoms with Gasteiger partial charge in [-0.25, -0.2) is 0 Å². The maximum atomic E-state index is 12.2. The number of thioether (sulfide) groups is 1. The van der Waals surface area contributed by atoms with Crippen LogP contribution in [-0.2, 0) is 4.79 Å². The third-order valence-corrected chi connectivity index (χ3v) is 4.78. The first-order chi connectivity index (χ1) is 9.02. The lowest BCUT2D eigenvalue weighted by Crippen LogP contribution is -2.35. The van der Waals surface area contributed by atoms with Crippen LogP contribution in [0.1, 0.15) is 18.9 Å². The molecule has 1 heterocycles. The number of likely N-dealkylation sites (tertiary alicyclic amines) is 1. The van der Waals surface area contributed by atoms with E-state index in [9.17, 15) is 4.79 Å². The second kappa shape index (κ2) is 7.34. The van der Waals surface area contributed by atoms with Gasteiger partial charge >= 0.3 is 0 Å². The monoisotopic (exact) mass is 314 g/mol. The smallest absolute Gasteiger partial charge is 0.232 e. The summed E-state index contributed by atoms with van der Waals surface area (Å²) in [7, 11) is 0. The highest BCUT2D eigenvalue weighted by Gasteiger charge is 2.34. The van der Waals surface area contributed by atoms with Crippen LogP contribution in [0.5, 0.6) is 0 Å². The predicted molar refractivity (Wildman–Crippen MR) is 87.5 cm³/mol. The quantitative estimate of drug-likeness (QED) is 0.869. The second-order valence-corrected chi connectivity index (χ2v) is 6.73. The van der Waals surface area contributed by atoms with Crippen molar-refractivity contribution in [3.63, 3.8) is 0 Å². The number of hydrogen-bond acceptors (Lipinski definition) is 3. The zero-order chi connectivity index (χ0) is 13.9. The summed E-state index contributed by atoms with van der Waals surface area (Å²) >= 11 is 1.61. The fourth-order valence-corrected chi connectivity index (χ4v) is 3.08. The van der Waals surface area contributed by atoms with Crippen LogP contribution in [0.2, 0.25) is 0 Å². The maximum Gasteiger partial charge on any atom is 0.232 e. The zero-order valence-corrected chi connectivity index (χ0v) is 13.7. The molecule has 1 unspecified atom stereocenters. The van der Waals surface area contributed by atoms with E-state index < -0.39 is 0 Å². The van der Waals surface area contributed by atoms with Gasteiger partial charge < -0.3 is 10.6 Å². The van der Waals surface area contributed by atoms with E-state index in [1.807, 2.05) is 4.90 Å². The second-order valence-electron chi connectivity index (χ2n) is 5.68. The molecule has 2 rings (SSSR count). The lowest BCUT2D eigenvalue weighted by Gasteiger charge is -2.22. The average molecular weight is 315 g/mol. The molecule has 3 nitrogen and oxygen atoms in total. The van der Waals surface area contributed by atoms with E-state index in [2.05, 4.69) is 38.1 Å². The molecule has 5 heteroatoms. The summed E-state index contributed by atoms with van der Waals surface area (Å²) in [5.74, 6) is 0.742. The topological polar surface area (TPSA) is 46.3 Å². The molecule has 1 fully saturated rings. The molecular formula is C15H23ClN2OS. The third kappa shape index (κ3) is 4.40. The molecule has 1 atom stereocenters. The van der Waals surface area contributed by atoms with Crippen molar-refractivity contribution in [2.45, 2.75) is 25.2 Å². The first kappa shape index (κ1) is 17.3. The van der Waals surface area contributed by atoms with E-state index in [1.54, 1.807) is 11.8 Å². The molecule has 1 aromatic carbocycles. The minimum Gasteiger partial charge on any atom is -0.341 e. The number of hydrogen-bond donors (Lipinski definition) is 1. The molecule has 1 aliphatic heterocycles. The van der Waals surface area contributed by atoms with Crippen LogP contribution in [0.25, 0.3) is 0 Å². The number of halogens is 1. The highest BCUT2D eigenvalue weighted by atomic mass is 35.5. The molecule has 2 N–H and O–H groups in total. The van der Waals surface area contributed by atoms with Crippen LogP contribution in [0.3, 0.4) is 0 Å². The number of nitrogens with two attached hydrogens (primary N) is 1. The number of carbonyl (C=O) groups is 1. The number of aryl methyl sites for hydroxylation is 1. The fourth-order valence-electron chi connectivity index (χ4n) is 2.27. The van der Waals surface area contributed by atoms with Gasteiger partial charge in [0.05, 0.1) is 5.75 Å². The van der Waals surface area contributed by atoms with Gasteiger partial charge in [0.15, 0.2) is 0 Å². The molecule has 1 amide bonds. The van der Waals surface area contributed by atoms with Crippen molar-refractivity contribution >= 4 is 30.1 Å². The van der Waals surface area contributed by atoms with Gasteiger partial charge in [0.1, 0.15) is 0 Å². The summed E-state index contributed by atoms with van der Waals surface area (Å²) in [6.07, 6.45) is 1.02. The Labute approximate surface area is 131 Å². The van der Waals surface area contributed by atoms with Crippen LogP contribution >= 0.6 is 24.2 Å². The molecular weight excluding hydrogens is 292 g/mol. The van der Waals surface area contributed by atoms with Gasteiger partial charge in [-0.1, -0.05) is 24.6 Å². The van der Waals surface area contributed by atoms with Gasteiger partial charge in [0.25, 0.3) is 0 Å². The van der Waals surface area contributed by atoms with Crippen molar-refractivity contribution < 1.29 is 4.79 Å². The minimum atomic E-state index is 0. The summed E-state index contributed by atoms with van der Waals surface area (Å²) < 4.78 is 0. The zero-order valence-electron chi connectivity index (χ0n) is 12.1. The van der Waals surface area contributed by atoms with Crippen molar-refractivity contribution in [1.29, 1.82) is 0 Å². The summed E-state index contributed by atoms with van der Waals surface area (Å²) in [4.78, 5) is 15.3. The van der Waals surface area contributed by atoms with Crippen molar-refractivity contribution in [1.82, 2.24) is 4.90 Å². The number of carbonyl (C=O) groups excluding carboxylic acids is 1. The molecule has 0 aromatic heterocycles. The number of amides is 1. The van der Waals surface area contributed by atoms with Crippen LogP contribution in [0, 0.1) is 12.3 Å². The highest BCUT2D eigenvalue weighted by Crippen LogP contribution is 2.29. The summed E-state index contributed by atoms with van der Waals surface area (Å²) in [5.41, 5.74) is 7.13. The lowest BCUT2D eigenvalue weighted by molar-refractivity contribution is -0.127. The Morgan fingerprint density at radius 2 is 2.05 bits per heavy atom. The van der Waals surface area contributed by atoms with Gasteiger partial charge in [-0.15, -0.1) is 24.2 Å². The molecule has 0 aliphatic carbocycles. The van der Waals surface area contributed by atoms with Gasteiger partial charge in [0.2, 0.25) is 5.91 Å². The average Bonchev–Trinajstić information content (AvgIpc) is 2.81. The van der Waals surface area contributed by atoms with Crippen LogP contribution in [-0.4, -0.2) is 36.2 Å². The standard InChI is InChI=1S/C15H22N2OS.ClH/c1-12-3-5-13(6-4-12)19-9-14(18)17-8-7-15(2,10-16)11-17;/h3-6H,7-11,16H2,1-2H3;1H. The molecule has 1 saturated heterocycles. The molecule has 0 bridgehead atoms. The van der Waals surface area contributed by atoms with Gasteiger partial charge in [0, 0.05) is 18.0 Å². The van der Waals surface area contributed by atoms with E-state index in [-0.39, 0.29) is 23.7 Å². The molecule has 1 aliphatic rings. The van der Waals surface area contributed by atoms with Gasteiger partial charge in [-0.2, -0.15) is 0 Å². The summed E-state index contributed by atoms with van der Waals surface area (Å²) in [6, 6.07) is 8.30. The number of nitrogens with zero attached hydrogens (tertiary/aromatic N) is 1. The van der Waals surface area contributed by atoms with Crippen molar-refractivity contribution in [3.8, 4) is 0 Å². The lowest BCUT2D eigenvalue weighted by atomic mass is 9.90. The maximum absolute atomic E-state index is 12.2. The van der Waals surface area contributed by atoms with Crippen LogP contribution in [0.15, 0.2) is 29.2 Å². The van der Waals surface area contributed by atoms with E-state index >= 15 is 0 Å². The Balaban J connectivity index is 0.00000200. The molecule has 0 radical (unpaired) electrons. The van der Waals surface area contributed by atoms with Crippen molar-refractivity contribution in [2.24, 2.45) is 11.1 Å². The third-order valence-electron chi connectivity index (χ3n) is 3.79. The highest BCUT2D eigenvalue weighted by molar-refractivity contribution is 8.00. The fraction of sp³-hybridized carbons (Fsp3) is 0.533. The minimum absolute atomic E-state index is 0. The van der Waals surface area contributed by atoms with Crippen molar-refractivity contribution in [2.75, 3.05) is 25.4 Å². The Kier molecular flexibility index (Phi) is 6.37. The number of rotatable bonds is 4. The molecule has 20 heavy (non-hydrogen) atoms. The molecule has 0 saturated carbocycles. The predicted octanol–water partition coefficient (Wildman–Crippen LogP) is 2.71. The van der Waals surface area contributed by atoms with Crippen LogP contribution in [0.4, 0.5) is 0 Å². The first-order valence-electron chi connectivity index (χ1n) is 6.70. The Morgan fingerprint density at radius 1 is 1.40 bits per heavy atom. The first-order valence-corrected chi connectivity index (χ1v) is 7.68. The van der Waals surface area contributed by atoms with E-state index in [0.29, 0.717) is 12.3 Å². The SMILES string of the molecule is Cc1ccc(SCC(=O)N2CCC(C)(CN)C2)cc1.Cl. The van der Waals surface area contributed by atoms with E-state index in [4.69, 9.17) is 5.73 Å². The van der Waals surface area contributed by atoms with E-state index in [1.165, 1.54) is 5.56 Å². The van der Waals surface area contributed by atoms with Crippen molar-refractivity contribution in [3.05, 3.63) is 29.8 Å². The summed E-state index contributed by atoms with van der Waals surface area (Å²) in [5, 5.41) is 0. The molecule has 1 aromatic rings. The Bertz CT molecular complexity index is 452. The van der Waals surface area contributed by atoms with E-state index in [0.717, 1.165) is 24.4 Å². The molecule has 0 spiro atoms. The van der Waals surface area contributed by atoms with Gasteiger partial charge in [-0.05, 0) is 37.4 Å². The summed E-state index contributed by atoms with van der Waals surface area (Å²) in [6.45, 7) is 6.53. The normalized spacial score (nSPS) is 21.6. The molecule has 112 valence electrons. The largest absolute Gasteiger partial charge is 0.341 e. The van der Waals surface area contributed by atoms with Gasteiger partial charge in [-0.3, -0.25) is 4.79 Å². The van der Waals surface area contributed by atoms with Crippen LogP contribution < -0.4 is 5.73 Å².